The van der Waals surface area contributed by atoms with Crippen LogP contribution in [0.15, 0.2) is 34.1 Å². The minimum atomic E-state index is -4.52. The highest BCUT2D eigenvalue weighted by Gasteiger charge is 2.47. The van der Waals surface area contributed by atoms with Gasteiger partial charge in [-0.3, -0.25) is 13.7 Å². The lowest BCUT2D eigenvalue weighted by Gasteiger charge is -2.16. The number of alkyl halides is 2. The van der Waals surface area contributed by atoms with Gasteiger partial charge in [0.15, 0.2) is 37.4 Å². The summed E-state index contributed by atoms with van der Waals surface area (Å²) in [6.07, 6.45) is -11.3. The van der Waals surface area contributed by atoms with E-state index in [9.17, 15) is 33.1 Å². The molecule has 0 saturated carbocycles. The van der Waals surface area contributed by atoms with Crippen molar-refractivity contribution in [1.29, 1.82) is 0 Å². The van der Waals surface area contributed by atoms with Crippen LogP contribution in [0.3, 0.4) is 0 Å². The van der Waals surface area contributed by atoms with E-state index in [0.717, 1.165) is 15.3 Å². The normalized spacial score (nSPS) is 31.1. The number of aliphatic hydroxyl groups is 3. The Balaban J connectivity index is 0.000000215. The van der Waals surface area contributed by atoms with Crippen molar-refractivity contribution in [3.63, 3.8) is 0 Å². The Morgan fingerprint density at radius 2 is 1.42 bits per heavy atom. The van der Waals surface area contributed by atoms with Crippen LogP contribution in [0.25, 0.3) is 0 Å². The minimum Gasteiger partial charge on any atom is -0.394 e. The van der Waals surface area contributed by atoms with Crippen LogP contribution >= 0.6 is 7.60 Å². The van der Waals surface area contributed by atoms with E-state index in [1.165, 1.54) is 18.3 Å². The molecule has 2 aromatic rings. The van der Waals surface area contributed by atoms with Crippen LogP contribution in [0, 0.1) is 0 Å². The summed E-state index contributed by atoms with van der Waals surface area (Å²) in [7, 11) is -4.52. The van der Waals surface area contributed by atoms with E-state index in [1.807, 2.05) is 0 Å². The Hall–Kier alpha value is -2.87. The zero-order chi connectivity index (χ0) is 28.4. The lowest BCUT2D eigenvalue weighted by molar-refractivity contribution is -0.159. The van der Waals surface area contributed by atoms with Crippen molar-refractivity contribution < 1.29 is 52.7 Å². The predicted molar refractivity (Wildman–Crippen MR) is 121 cm³/mol. The Labute approximate surface area is 211 Å². The molecule has 2 fully saturated rings. The maximum absolute atomic E-state index is 13.8. The van der Waals surface area contributed by atoms with Crippen LogP contribution in [0.4, 0.5) is 20.4 Å². The summed E-state index contributed by atoms with van der Waals surface area (Å²) >= 11 is 0. The molecule has 38 heavy (non-hydrogen) atoms. The topological polar surface area (TPSA) is 268 Å². The Bertz CT molecular complexity index is 1280. The fourth-order valence-electron chi connectivity index (χ4n) is 3.47. The van der Waals surface area contributed by atoms with Crippen molar-refractivity contribution in [3.8, 4) is 0 Å². The van der Waals surface area contributed by atoms with E-state index in [2.05, 4.69) is 14.7 Å². The molecule has 8 atom stereocenters. The average Bonchev–Trinajstić information content (AvgIpc) is 3.28. The minimum absolute atomic E-state index is 0.0224. The van der Waals surface area contributed by atoms with Gasteiger partial charge in [-0.25, -0.2) is 18.4 Å². The summed E-state index contributed by atoms with van der Waals surface area (Å²) in [5.41, 5.74) is 8.97. The summed E-state index contributed by atoms with van der Waals surface area (Å²) in [6, 6.07) is 2.57. The molecular weight excluding hydrogens is 545 g/mol. The molecule has 212 valence electrons. The van der Waals surface area contributed by atoms with E-state index in [1.54, 1.807) is 0 Å². The molecular formula is C18H25F2N6O11P. The molecule has 9 N–H and O–H groups in total. The largest absolute Gasteiger partial charge is 0.394 e. The number of nitrogen functional groups attached to an aromatic ring is 2. The number of hydrogen-bond donors (Lipinski definition) is 7. The monoisotopic (exact) mass is 570 g/mol. The molecule has 2 aliphatic rings. The number of aromatic nitrogens is 4. The maximum Gasteiger partial charge on any atom is 0.351 e. The fraction of sp³-hybridized carbons (Fsp3) is 0.556. The highest BCUT2D eigenvalue weighted by Crippen LogP contribution is 2.38. The van der Waals surface area contributed by atoms with E-state index in [-0.39, 0.29) is 11.6 Å². The van der Waals surface area contributed by atoms with Gasteiger partial charge in [-0.1, -0.05) is 0 Å². The molecule has 0 aromatic carbocycles. The number of rotatable bonds is 6. The molecule has 2 aliphatic heterocycles. The number of ether oxygens (including phenoxy) is 3. The van der Waals surface area contributed by atoms with Gasteiger partial charge in [0, 0.05) is 12.4 Å². The fourth-order valence-corrected chi connectivity index (χ4v) is 3.81. The highest BCUT2D eigenvalue weighted by molar-refractivity contribution is 7.51. The third kappa shape index (κ3) is 6.76. The van der Waals surface area contributed by atoms with Gasteiger partial charge in [0.05, 0.1) is 6.61 Å². The number of nitrogens with two attached hydrogens (primary N) is 2. The van der Waals surface area contributed by atoms with Gasteiger partial charge in [-0.05, 0) is 12.1 Å². The van der Waals surface area contributed by atoms with Gasteiger partial charge >= 0.3 is 19.0 Å². The van der Waals surface area contributed by atoms with Crippen molar-refractivity contribution in [2.45, 2.75) is 49.4 Å². The van der Waals surface area contributed by atoms with E-state index >= 15 is 0 Å². The van der Waals surface area contributed by atoms with Crippen LogP contribution in [0.2, 0.25) is 0 Å². The molecule has 2 unspecified atom stereocenters. The molecule has 2 aromatic heterocycles. The van der Waals surface area contributed by atoms with E-state index < -0.39 is 81.3 Å². The van der Waals surface area contributed by atoms with Gasteiger partial charge in [0.2, 0.25) is 0 Å². The van der Waals surface area contributed by atoms with Gasteiger partial charge in [-0.2, -0.15) is 9.97 Å². The van der Waals surface area contributed by atoms with Crippen molar-refractivity contribution in [2.75, 3.05) is 24.4 Å². The summed E-state index contributed by atoms with van der Waals surface area (Å²) in [6.45, 7) is -0.578. The number of anilines is 2. The van der Waals surface area contributed by atoms with Crippen LogP contribution in [-0.4, -0.2) is 94.1 Å². The first-order valence-corrected chi connectivity index (χ1v) is 12.4. The zero-order valence-corrected chi connectivity index (χ0v) is 20.1. The number of aliphatic hydroxyl groups excluding tert-OH is 3. The second-order valence-corrected chi connectivity index (χ2v) is 9.65. The smallest absolute Gasteiger partial charge is 0.351 e. The molecule has 0 spiro atoms. The van der Waals surface area contributed by atoms with Crippen molar-refractivity contribution in [3.05, 3.63) is 45.5 Å². The first-order chi connectivity index (χ1) is 17.7. The molecule has 0 amide bonds. The van der Waals surface area contributed by atoms with Gasteiger partial charge < -0.3 is 50.8 Å². The summed E-state index contributed by atoms with van der Waals surface area (Å²) in [5.74, 6) is -0.0379. The van der Waals surface area contributed by atoms with Gasteiger partial charge in [-0.15, -0.1) is 0 Å². The molecule has 2 saturated heterocycles. The third-order valence-corrected chi connectivity index (χ3v) is 5.76. The predicted octanol–water partition coefficient (Wildman–Crippen LogP) is -3.05. The standard InChI is InChI=1S/C9H13FN3O7P.C9H12FN3O4/c10-5-6(14)7(13-2-1-4(11)12-9(13)15)20-8(5)19-3-21(16,17)18;10-6-4(3-14)17-8(7(6)15)13-2-1-5(11)12-9(13)16/h1-2,5-8,14H,3H2,(H2,11,12,15)(H2,16,17,18);1-2,4,6-8,14-15H,3H2,(H2,11,12,16)/t5?,6-,7+,8-;4-,6?,7+,8-/m01/s1. The third-order valence-electron chi connectivity index (χ3n) is 5.28. The average molecular weight is 570 g/mol. The molecule has 0 bridgehead atoms. The molecule has 4 heterocycles. The lowest BCUT2D eigenvalue weighted by Crippen LogP contribution is -2.34. The number of halogens is 2. The quantitative estimate of drug-likeness (QED) is 0.170. The molecule has 0 aliphatic carbocycles. The first-order valence-electron chi connectivity index (χ1n) is 10.6. The highest BCUT2D eigenvalue weighted by atomic mass is 31.2. The number of hydrogen-bond acceptors (Lipinski definition) is 13. The van der Waals surface area contributed by atoms with Crippen LogP contribution < -0.4 is 22.8 Å². The second-order valence-electron chi connectivity index (χ2n) is 8.06. The number of nitrogens with zero attached hydrogens (tertiary/aromatic N) is 4. The Morgan fingerprint density at radius 3 is 1.84 bits per heavy atom. The molecule has 4 rings (SSSR count). The molecule has 0 radical (unpaired) electrons. The van der Waals surface area contributed by atoms with Crippen molar-refractivity contribution in [1.82, 2.24) is 19.1 Å². The maximum atomic E-state index is 13.8. The Morgan fingerprint density at radius 1 is 0.947 bits per heavy atom. The van der Waals surface area contributed by atoms with Crippen LogP contribution in [0.5, 0.6) is 0 Å². The zero-order valence-electron chi connectivity index (χ0n) is 19.2. The SMILES string of the molecule is Nc1ccn([C@@H]2O[C@H](CO)C(F)[C@@H]2O)c(=O)n1.Nc1ccn([C@@H]2O[C@H](OCP(=O)(O)O)C(F)[C@@H]2O)c(=O)n1. The summed E-state index contributed by atoms with van der Waals surface area (Å²) < 4.78 is 54.2. The first kappa shape index (κ1) is 29.7. The van der Waals surface area contributed by atoms with E-state index in [0.29, 0.717) is 0 Å². The Kier molecular flexibility index (Phi) is 9.29. The van der Waals surface area contributed by atoms with Crippen molar-refractivity contribution >= 4 is 19.2 Å². The lowest BCUT2D eigenvalue weighted by atomic mass is 10.1. The van der Waals surface area contributed by atoms with Gasteiger partial charge in [0.25, 0.3) is 0 Å². The molecule has 17 nitrogen and oxygen atoms in total. The summed E-state index contributed by atoms with van der Waals surface area (Å²) in [4.78, 5) is 47.2. The molecule has 20 heteroatoms. The van der Waals surface area contributed by atoms with E-state index in [4.69, 9.17) is 35.8 Å². The summed E-state index contributed by atoms with van der Waals surface area (Å²) in [5, 5.41) is 28.1. The van der Waals surface area contributed by atoms with Gasteiger partial charge in [0.1, 0.15) is 29.9 Å². The van der Waals surface area contributed by atoms with Crippen LogP contribution in [-0.2, 0) is 18.8 Å². The van der Waals surface area contributed by atoms with Crippen LogP contribution in [0.1, 0.15) is 12.5 Å². The second kappa shape index (κ2) is 11.9. The van der Waals surface area contributed by atoms with Crippen molar-refractivity contribution in [2.24, 2.45) is 0 Å².